The summed E-state index contributed by atoms with van der Waals surface area (Å²) in [4.78, 5) is 22.5. The normalized spacial score (nSPS) is 14.6. The van der Waals surface area contributed by atoms with Gasteiger partial charge >= 0.3 is 0 Å². The van der Waals surface area contributed by atoms with E-state index in [9.17, 15) is 4.79 Å². The Morgan fingerprint density at radius 2 is 1.91 bits per heavy atom. The molecule has 6 nitrogen and oxygen atoms in total. The standard InChI is InChI=1S/C16H19N5O/c17-15-11-18-10-13(19-15)16(22)20-12-6-2-3-7-14(12)21-8-4-1-5-9-21/h2-3,6-7,10-11H,1,4-5,8-9H2,(H2,17,19)(H,20,22). The van der Waals surface area contributed by atoms with Crippen molar-refractivity contribution in [2.75, 3.05) is 29.0 Å². The summed E-state index contributed by atoms with van der Waals surface area (Å²) in [6.07, 6.45) is 6.46. The van der Waals surface area contributed by atoms with E-state index in [1.807, 2.05) is 24.3 Å². The van der Waals surface area contributed by atoms with E-state index in [2.05, 4.69) is 20.2 Å². The van der Waals surface area contributed by atoms with Crippen molar-refractivity contribution >= 4 is 23.1 Å². The fourth-order valence-corrected chi connectivity index (χ4v) is 2.67. The van der Waals surface area contributed by atoms with Crippen molar-refractivity contribution in [1.82, 2.24) is 9.97 Å². The summed E-state index contributed by atoms with van der Waals surface area (Å²) >= 11 is 0. The Morgan fingerprint density at radius 1 is 1.14 bits per heavy atom. The Hall–Kier alpha value is -2.63. The number of amides is 1. The lowest BCUT2D eigenvalue weighted by Gasteiger charge is -2.30. The quantitative estimate of drug-likeness (QED) is 0.908. The summed E-state index contributed by atoms with van der Waals surface area (Å²) < 4.78 is 0. The summed E-state index contributed by atoms with van der Waals surface area (Å²) in [5.41, 5.74) is 7.63. The molecule has 1 aliphatic heterocycles. The van der Waals surface area contributed by atoms with Gasteiger partial charge in [0.25, 0.3) is 5.91 Å². The second kappa shape index (κ2) is 6.43. The number of nitrogens with two attached hydrogens (primary N) is 1. The van der Waals surface area contributed by atoms with Gasteiger partial charge in [0, 0.05) is 13.1 Å². The SMILES string of the molecule is Nc1cncc(C(=O)Nc2ccccc2N2CCCCC2)n1. The predicted molar refractivity (Wildman–Crippen MR) is 86.9 cm³/mol. The number of rotatable bonds is 3. The molecule has 0 spiro atoms. The molecule has 0 saturated carbocycles. The average molecular weight is 297 g/mol. The maximum atomic E-state index is 12.3. The van der Waals surface area contributed by atoms with Crippen molar-refractivity contribution in [1.29, 1.82) is 0 Å². The third kappa shape index (κ3) is 3.16. The van der Waals surface area contributed by atoms with Gasteiger partial charge in [0.1, 0.15) is 11.5 Å². The zero-order chi connectivity index (χ0) is 15.4. The summed E-state index contributed by atoms with van der Waals surface area (Å²) in [6.45, 7) is 2.04. The number of hydrogen-bond acceptors (Lipinski definition) is 5. The van der Waals surface area contributed by atoms with Gasteiger partial charge in [0.2, 0.25) is 0 Å². The van der Waals surface area contributed by atoms with Gasteiger partial charge in [-0.25, -0.2) is 4.98 Å². The number of aromatic nitrogens is 2. The molecule has 0 bridgehead atoms. The zero-order valence-corrected chi connectivity index (χ0v) is 12.3. The van der Waals surface area contributed by atoms with Gasteiger partial charge in [-0.2, -0.15) is 0 Å². The number of hydrogen-bond donors (Lipinski definition) is 2. The van der Waals surface area contributed by atoms with Gasteiger partial charge in [-0.1, -0.05) is 12.1 Å². The van der Waals surface area contributed by atoms with Crippen LogP contribution in [0.25, 0.3) is 0 Å². The van der Waals surface area contributed by atoms with Crippen molar-refractivity contribution < 1.29 is 4.79 Å². The number of para-hydroxylation sites is 2. The summed E-state index contributed by atoms with van der Waals surface area (Å²) in [6, 6.07) is 7.83. The molecule has 1 aromatic heterocycles. The van der Waals surface area contributed by atoms with E-state index < -0.39 is 0 Å². The van der Waals surface area contributed by atoms with Gasteiger partial charge in [0.05, 0.1) is 23.8 Å². The van der Waals surface area contributed by atoms with Crippen LogP contribution in [0.3, 0.4) is 0 Å². The maximum absolute atomic E-state index is 12.3. The monoisotopic (exact) mass is 297 g/mol. The lowest BCUT2D eigenvalue weighted by molar-refractivity contribution is 0.102. The molecular formula is C16H19N5O. The third-order valence-corrected chi connectivity index (χ3v) is 3.73. The molecule has 3 N–H and O–H groups in total. The molecule has 3 rings (SSSR count). The lowest BCUT2D eigenvalue weighted by atomic mass is 10.1. The minimum Gasteiger partial charge on any atom is -0.382 e. The summed E-state index contributed by atoms with van der Waals surface area (Å²) in [7, 11) is 0. The van der Waals surface area contributed by atoms with Crippen LogP contribution in [0.4, 0.5) is 17.2 Å². The van der Waals surface area contributed by atoms with Crippen molar-refractivity contribution in [3.05, 3.63) is 42.4 Å². The van der Waals surface area contributed by atoms with Gasteiger partial charge in [0.15, 0.2) is 0 Å². The Balaban J connectivity index is 1.81. The molecule has 2 aromatic rings. The first kappa shape index (κ1) is 14.3. The van der Waals surface area contributed by atoms with E-state index in [1.54, 1.807) is 0 Å². The van der Waals surface area contributed by atoms with E-state index in [-0.39, 0.29) is 17.4 Å². The number of benzene rings is 1. The molecule has 1 fully saturated rings. The Labute approximate surface area is 129 Å². The first-order valence-corrected chi connectivity index (χ1v) is 7.47. The first-order valence-electron chi connectivity index (χ1n) is 7.47. The van der Waals surface area contributed by atoms with Crippen LogP contribution < -0.4 is 16.0 Å². The van der Waals surface area contributed by atoms with Crippen LogP contribution in [-0.4, -0.2) is 29.0 Å². The third-order valence-electron chi connectivity index (χ3n) is 3.73. The molecule has 0 atom stereocenters. The largest absolute Gasteiger partial charge is 0.382 e. The highest BCUT2D eigenvalue weighted by atomic mass is 16.1. The van der Waals surface area contributed by atoms with Crippen molar-refractivity contribution in [3.63, 3.8) is 0 Å². The fourth-order valence-electron chi connectivity index (χ4n) is 2.67. The molecule has 0 radical (unpaired) electrons. The van der Waals surface area contributed by atoms with Gasteiger partial charge < -0.3 is 16.0 Å². The highest BCUT2D eigenvalue weighted by molar-refractivity contribution is 6.04. The second-order valence-electron chi connectivity index (χ2n) is 5.35. The highest BCUT2D eigenvalue weighted by Gasteiger charge is 2.16. The van der Waals surface area contributed by atoms with Gasteiger partial charge in [-0.3, -0.25) is 9.78 Å². The number of piperidine rings is 1. The zero-order valence-electron chi connectivity index (χ0n) is 12.3. The number of carbonyl (C=O) groups excluding carboxylic acids is 1. The molecule has 114 valence electrons. The minimum absolute atomic E-state index is 0.216. The Bertz CT molecular complexity index is 667. The van der Waals surface area contributed by atoms with Crippen LogP contribution in [-0.2, 0) is 0 Å². The summed E-state index contributed by atoms with van der Waals surface area (Å²) in [5.74, 6) is -0.0683. The van der Waals surface area contributed by atoms with Crippen LogP contribution in [0.2, 0.25) is 0 Å². The molecule has 0 unspecified atom stereocenters. The molecule has 1 saturated heterocycles. The van der Waals surface area contributed by atoms with Crippen LogP contribution in [0.1, 0.15) is 29.8 Å². The smallest absolute Gasteiger partial charge is 0.276 e. The summed E-state index contributed by atoms with van der Waals surface area (Å²) in [5, 5.41) is 2.91. The van der Waals surface area contributed by atoms with E-state index >= 15 is 0 Å². The average Bonchev–Trinajstić information content (AvgIpc) is 2.56. The van der Waals surface area contributed by atoms with Crippen LogP contribution in [0.15, 0.2) is 36.7 Å². The molecule has 22 heavy (non-hydrogen) atoms. The number of nitrogen functional groups attached to an aromatic ring is 1. The Kier molecular flexibility index (Phi) is 4.18. The van der Waals surface area contributed by atoms with Gasteiger partial charge in [-0.15, -0.1) is 0 Å². The maximum Gasteiger partial charge on any atom is 0.276 e. The van der Waals surface area contributed by atoms with Gasteiger partial charge in [-0.05, 0) is 31.4 Å². The number of anilines is 3. The topological polar surface area (TPSA) is 84.1 Å². The van der Waals surface area contributed by atoms with E-state index in [0.29, 0.717) is 0 Å². The molecule has 1 aromatic carbocycles. The highest BCUT2D eigenvalue weighted by Crippen LogP contribution is 2.28. The molecule has 2 heterocycles. The van der Waals surface area contributed by atoms with Crippen LogP contribution >= 0.6 is 0 Å². The first-order chi connectivity index (χ1) is 10.7. The van der Waals surface area contributed by atoms with Crippen molar-refractivity contribution in [3.8, 4) is 0 Å². The predicted octanol–water partition coefficient (Wildman–Crippen LogP) is 2.30. The molecule has 6 heteroatoms. The number of carbonyl (C=O) groups is 1. The minimum atomic E-state index is -0.302. The van der Waals surface area contributed by atoms with E-state index in [4.69, 9.17) is 5.73 Å². The fraction of sp³-hybridized carbons (Fsp3) is 0.312. The van der Waals surface area contributed by atoms with Crippen LogP contribution in [0, 0.1) is 0 Å². The number of nitrogens with one attached hydrogen (secondary N) is 1. The van der Waals surface area contributed by atoms with E-state index in [1.165, 1.54) is 31.7 Å². The molecule has 1 aliphatic rings. The second-order valence-corrected chi connectivity index (χ2v) is 5.35. The number of nitrogens with zero attached hydrogens (tertiary/aromatic N) is 3. The van der Waals surface area contributed by atoms with Crippen molar-refractivity contribution in [2.24, 2.45) is 0 Å². The van der Waals surface area contributed by atoms with E-state index in [0.717, 1.165) is 24.5 Å². The lowest BCUT2D eigenvalue weighted by Crippen LogP contribution is -2.30. The molecule has 1 amide bonds. The molecular weight excluding hydrogens is 278 g/mol. The van der Waals surface area contributed by atoms with Crippen LogP contribution in [0.5, 0.6) is 0 Å². The Morgan fingerprint density at radius 3 is 2.68 bits per heavy atom. The van der Waals surface area contributed by atoms with Crippen molar-refractivity contribution in [2.45, 2.75) is 19.3 Å². The molecule has 0 aliphatic carbocycles.